The molecule has 0 fully saturated rings. The number of rotatable bonds is 3. The molecule has 1 aromatic carbocycles. The lowest BCUT2D eigenvalue weighted by Gasteiger charge is -2.12. The van der Waals surface area contributed by atoms with Gasteiger partial charge in [-0.05, 0) is 48.2 Å². The van der Waals surface area contributed by atoms with Crippen LogP contribution < -0.4 is 5.73 Å². The van der Waals surface area contributed by atoms with Crippen LogP contribution in [0.5, 0.6) is 0 Å². The van der Waals surface area contributed by atoms with Crippen LogP contribution in [0.4, 0.5) is 4.39 Å². The van der Waals surface area contributed by atoms with E-state index in [4.69, 9.17) is 5.73 Å². The fraction of sp³-hybridized carbons (Fsp3) is 0.333. The molecule has 0 aliphatic carbocycles. The van der Waals surface area contributed by atoms with Gasteiger partial charge in [-0.1, -0.05) is 19.9 Å². The molecule has 0 saturated heterocycles. The standard InChI is InChI=1S/C15H18FNS/c1-9(2)15(17)14-5-4-13(18-14)11-6-10(3)7-12(16)8-11/h4-9,15H,17H2,1-3H3. The molecule has 18 heavy (non-hydrogen) atoms. The number of hydrogen-bond donors (Lipinski definition) is 1. The predicted octanol–water partition coefficient (Wildman–Crippen LogP) is 4.52. The van der Waals surface area contributed by atoms with E-state index in [-0.39, 0.29) is 11.9 Å². The summed E-state index contributed by atoms with van der Waals surface area (Å²) < 4.78 is 13.4. The van der Waals surface area contributed by atoms with Crippen LogP contribution in [0.25, 0.3) is 10.4 Å². The summed E-state index contributed by atoms with van der Waals surface area (Å²) in [6.45, 7) is 6.12. The number of halogens is 1. The van der Waals surface area contributed by atoms with Crippen molar-refractivity contribution >= 4 is 11.3 Å². The SMILES string of the molecule is Cc1cc(F)cc(-c2ccc(C(N)C(C)C)s2)c1. The Morgan fingerprint density at radius 2 is 1.89 bits per heavy atom. The van der Waals surface area contributed by atoms with Crippen molar-refractivity contribution in [2.75, 3.05) is 0 Å². The Bertz CT molecular complexity index is 525. The average Bonchev–Trinajstić information content (AvgIpc) is 2.75. The Morgan fingerprint density at radius 1 is 1.17 bits per heavy atom. The molecule has 0 amide bonds. The predicted molar refractivity (Wildman–Crippen MR) is 76.2 cm³/mol. The summed E-state index contributed by atoms with van der Waals surface area (Å²) in [4.78, 5) is 2.23. The molecule has 2 rings (SSSR count). The summed E-state index contributed by atoms with van der Waals surface area (Å²) >= 11 is 1.65. The van der Waals surface area contributed by atoms with Gasteiger partial charge in [0.2, 0.25) is 0 Å². The van der Waals surface area contributed by atoms with Gasteiger partial charge in [0.1, 0.15) is 5.82 Å². The first-order chi connectivity index (χ1) is 8.47. The molecule has 0 radical (unpaired) electrons. The van der Waals surface area contributed by atoms with Gasteiger partial charge in [0.25, 0.3) is 0 Å². The summed E-state index contributed by atoms with van der Waals surface area (Å²) in [6.07, 6.45) is 0. The summed E-state index contributed by atoms with van der Waals surface area (Å²) in [5.41, 5.74) is 7.99. The molecule has 1 aromatic heterocycles. The van der Waals surface area contributed by atoms with E-state index in [0.717, 1.165) is 20.9 Å². The van der Waals surface area contributed by atoms with Crippen LogP contribution in [0.1, 0.15) is 30.3 Å². The van der Waals surface area contributed by atoms with Crippen molar-refractivity contribution in [2.24, 2.45) is 11.7 Å². The van der Waals surface area contributed by atoms with E-state index in [1.807, 2.05) is 25.1 Å². The third-order valence-corrected chi connectivity index (χ3v) is 4.24. The zero-order chi connectivity index (χ0) is 13.3. The second-order valence-electron chi connectivity index (χ2n) is 4.99. The van der Waals surface area contributed by atoms with Crippen molar-refractivity contribution in [3.05, 3.63) is 46.6 Å². The molecule has 3 heteroatoms. The smallest absolute Gasteiger partial charge is 0.124 e. The Labute approximate surface area is 111 Å². The molecule has 1 unspecified atom stereocenters. The zero-order valence-corrected chi connectivity index (χ0v) is 11.7. The first kappa shape index (κ1) is 13.2. The number of hydrogen-bond acceptors (Lipinski definition) is 2. The van der Waals surface area contributed by atoms with E-state index in [2.05, 4.69) is 13.8 Å². The van der Waals surface area contributed by atoms with Crippen molar-refractivity contribution in [3.8, 4) is 10.4 Å². The lowest BCUT2D eigenvalue weighted by Crippen LogP contribution is -2.14. The highest BCUT2D eigenvalue weighted by Crippen LogP contribution is 2.33. The average molecular weight is 263 g/mol. The van der Waals surface area contributed by atoms with Gasteiger partial charge in [0, 0.05) is 15.8 Å². The van der Waals surface area contributed by atoms with Gasteiger partial charge < -0.3 is 5.73 Å². The fourth-order valence-corrected chi connectivity index (χ4v) is 3.06. The monoisotopic (exact) mass is 263 g/mol. The number of nitrogens with two attached hydrogens (primary N) is 1. The Hall–Kier alpha value is -1.19. The third-order valence-electron chi connectivity index (χ3n) is 3.00. The first-order valence-electron chi connectivity index (χ1n) is 6.10. The Morgan fingerprint density at radius 3 is 2.50 bits per heavy atom. The fourth-order valence-electron chi connectivity index (χ4n) is 1.89. The molecule has 0 spiro atoms. The summed E-state index contributed by atoms with van der Waals surface area (Å²) in [5, 5.41) is 0. The molecule has 1 atom stereocenters. The van der Waals surface area contributed by atoms with E-state index in [9.17, 15) is 4.39 Å². The van der Waals surface area contributed by atoms with Crippen LogP contribution in [-0.4, -0.2) is 0 Å². The van der Waals surface area contributed by atoms with Crippen molar-refractivity contribution in [1.29, 1.82) is 0 Å². The van der Waals surface area contributed by atoms with Crippen LogP contribution in [0.3, 0.4) is 0 Å². The van der Waals surface area contributed by atoms with Crippen molar-refractivity contribution in [3.63, 3.8) is 0 Å². The molecule has 0 saturated carbocycles. The van der Waals surface area contributed by atoms with Gasteiger partial charge >= 0.3 is 0 Å². The topological polar surface area (TPSA) is 26.0 Å². The van der Waals surface area contributed by atoms with Crippen molar-refractivity contribution < 1.29 is 4.39 Å². The quantitative estimate of drug-likeness (QED) is 0.865. The van der Waals surface area contributed by atoms with Gasteiger partial charge in [-0.25, -0.2) is 4.39 Å². The van der Waals surface area contributed by atoms with E-state index in [1.54, 1.807) is 17.4 Å². The van der Waals surface area contributed by atoms with E-state index in [1.165, 1.54) is 6.07 Å². The molecule has 1 heterocycles. The highest BCUT2D eigenvalue weighted by molar-refractivity contribution is 7.15. The zero-order valence-electron chi connectivity index (χ0n) is 10.9. The molecule has 2 aromatic rings. The molecular weight excluding hydrogens is 245 g/mol. The van der Waals surface area contributed by atoms with Crippen LogP contribution >= 0.6 is 11.3 Å². The molecule has 0 aliphatic rings. The van der Waals surface area contributed by atoms with Crippen LogP contribution in [0.15, 0.2) is 30.3 Å². The van der Waals surface area contributed by atoms with Crippen LogP contribution in [-0.2, 0) is 0 Å². The normalized spacial score (nSPS) is 13.0. The summed E-state index contributed by atoms with van der Waals surface area (Å²) in [7, 11) is 0. The van der Waals surface area contributed by atoms with E-state index >= 15 is 0 Å². The van der Waals surface area contributed by atoms with Gasteiger partial charge in [-0.2, -0.15) is 0 Å². The minimum absolute atomic E-state index is 0.0541. The van der Waals surface area contributed by atoms with Gasteiger partial charge in [-0.15, -0.1) is 11.3 Å². The lowest BCUT2D eigenvalue weighted by atomic mass is 10.0. The molecular formula is C15H18FNS. The number of aryl methyl sites for hydroxylation is 1. The highest BCUT2D eigenvalue weighted by Gasteiger charge is 2.13. The summed E-state index contributed by atoms with van der Waals surface area (Å²) in [5.74, 6) is 0.221. The maximum Gasteiger partial charge on any atom is 0.124 e. The molecule has 0 bridgehead atoms. The Balaban J connectivity index is 2.35. The van der Waals surface area contributed by atoms with Gasteiger partial charge in [-0.3, -0.25) is 0 Å². The first-order valence-corrected chi connectivity index (χ1v) is 6.92. The largest absolute Gasteiger partial charge is 0.323 e. The second kappa shape index (κ2) is 5.21. The lowest BCUT2D eigenvalue weighted by molar-refractivity contribution is 0.521. The van der Waals surface area contributed by atoms with Crippen molar-refractivity contribution in [1.82, 2.24) is 0 Å². The molecule has 0 aliphatic heterocycles. The Kier molecular flexibility index (Phi) is 3.83. The van der Waals surface area contributed by atoms with E-state index in [0.29, 0.717) is 5.92 Å². The second-order valence-corrected chi connectivity index (χ2v) is 6.10. The maximum absolute atomic E-state index is 13.4. The minimum atomic E-state index is -0.187. The van der Waals surface area contributed by atoms with Gasteiger partial charge in [0.15, 0.2) is 0 Å². The number of thiophene rings is 1. The maximum atomic E-state index is 13.4. The third kappa shape index (κ3) is 2.79. The molecule has 1 nitrogen and oxygen atoms in total. The van der Waals surface area contributed by atoms with Crippen LogP contribution in [0, 0.1) is 18.7 Å². The van der Waals surface area contributed by atoms with Crippen molar-refractivity contribution in [2.45, 2.75) is 26.8 Å². The minimum Gasteiger partial charge on any atom is -0.323 e. The van der Waals surface area contributed by atoms with Gasteiger partial charge in [0.05, 0.1) is 0 Å². The van der Waals surface area contributed by atoms with Crippen LogP contribution in [0.2, 0.25) is 0 Å². The van der Waals surface area contributed by atoms with E-state index < -0.39 is 0 Å². The summed E-state index contributed by atoms with van der Waals surface area (Å²) in [6, 6.07) is 9.24. The molecule has 2 N–H and O–H groups in total. The number of benzene rings is 1. The molecule has 96 valence electrons. The highest BCUT2D eigenvalue weighted by atomic mass is 32.1.